The van der Waals surface area contributed by atoms with Crippen LogP contribution in [0.2, 0.25) is 0 Å². The van der Waals surface area contributed by atoms with Crippen molar-refractivity contribution in [1.29, 1.82) is 0 Å². The number of carbonyl (C=O) groups excluding carboxylic acids is 1. The van der Waals surface area contributed by atoms with Gasteiger partial charge in [-0.25, -0.2) is 0 Å². The minimum absolute atomic E-state index is 0. The Kier molecular flexibility index (Phi) is 7.64. The van der Waals surface area contributed by atoms with E-state index in [1.54, 1.807) is 7.05 Å². The molecule has 0 saturated heterocycles. The Labute approximate surface area is 149 Å². The first kappa shape index (κ1) is 18.7. The molecule has 0 aromatic heterocycles. The van der Waals surface area contributed by atoms with Gasteiger partial charge in [-0.15, -0.1) is 24.0 Å². The van der Waals surface area contributed by atoms with Gasteiger partial charge in [-0.2, -0.15) is 0 Å². The number of nitrogens with one attached hydrogen (secondary N) is 1. The molecule has 0 unspecified atom stereocenters. The molecule has 2 rings (SSSR count). The number of hydrogen-bond donors (Lipinski definition) is 1. The molecule has 1 aromatic rings. The highest BCUT2D eigenvalue weighted by atomic mass is 127. The van der Waals surface area contributed by atoms with Gasteiger partial charge in [-0.3, -0.25) is 9.79 Å². The third-order valence-electron chi connectivity index (χ3n) is 3.33. The first-order valence-corrected chi connectivity index (χ1v) is 7.37. The summed E-state index contributed by atoms with van der Waals surface area (Å²) in [5.41, 5.74) is 2.52. The molecule has 122 valence electrons. The number of fused-ring (bicyclic) bond motifs is 1. The van der Waals surface area contributed by atoms with Crippen LogP contribution in [-0.2, 0) is 16.0 Å². The number of benzene rings is 1. The van der Waals surface area contributed by atoms with Gasteiger partial charge in [0.25, 0.3) is 0 Å². The van der Waals surface area contributed by atoms with E-state index in [4.69, 9.17) is 4.74 Å². The van der Waals surface area contributed by atoms with Gasteiger partial charge in [0.2, 0.25) is 0 Å². The van der Waals surface area contributed by atoms with E-state index >= 15 is 0 Å². The first-order valence-electron chi connectivity index (χ1n) is 7.37. The van der Waals surface area contributed by atoms with Crippen LogP contribution in [-0.4, -0.2) is 38.2 Å². The van der Waals surface area contributed by atoms with Crippen molar-refractivity contribution in [3.05, 3.63) is 29.8 Å². The lowest BCUT2D eigenvalue weighted by atomic mass is 10.2. The van der Waals surface area contributed by atoms with Crippen LogP contribution < -0.4 is 10.2 Å². The molecule has 0 radical (unpaired) electrons. The zero-order valence-electron chi connectivity index (χ0n) is 13.3. The maximum Gasteiger partial charge on any atom is 0.307 e. The fourth-order valence-corrected chi connectivity index (χ4v) is 2.45. The average molecular weight is 417 g/mol. The van der Waals surface area contributed by atoms with Crippen molar-refractivity contribution in [3.63, 3.8) is 0 Å². The minimum atomic E-state index is -0.185. The molecule has 22 heavy (non-hydrogen) atoms. The molecule has 0 aliphatic carbocycles. The van der Waals surface area contributed by atoms with Crippen molar-refractivity contribution >= 4 is 41.6 Å². The highest BCUT2D eigenvalue weighted by molar-refractivity contribution is 14.0. The molecular formula is C16H24IN3O2. The smallest absolute Gasteiger partial charge is 0.307 e. The number of esters is 1. The van der Waals surface area contributed by atoms with Crippen LogP contribution in [0.3, 0.4) is 0 Å². The van der Waals surface area contributed by atoms with E-state index in [9.17, 15) is 4.79 Å². The minimum Gasteiger partial charge on any atom is -0.463 e. The molecule has 1 N–H and O–H groups in total. The summed E-state index contributed by atoms with van der Waals surface area (Å²) >= 11 is 0. The monoisotopic (exact) mass is 417 g/mol. The number of para-hydroxylation sites is 1. The SMILES string of the molecule is CN=C(NCCC(=O)OC(C)C)N1CCc2ccccc21.I. The fraction of sp³-hybridized carbons (Fsp3) is 0.500. The van der Waals surface area contributed by atoms with Crippen molar-refractivity contribution in [2.24, 2.45) is 4.99 Å². The first-order chi connectivity index (χ1) is 10.1. The third kappa shape index (κ3) is 4.86. The Hall–Kier alpha value is -1.31. The molecular weight excluding hydrogens is 393 g/mol. The number of ether oxygens (including phenoxy) is 1. The zero-order chi connectivity index (χ0) is 15.2. The van der Waals surface area contributed by atoms with E-state index in [2.05, 4.69) is 33.4 Å². The Morgan fingerprint density at radius 1 is 1.41 bits per heavy atom. The molecule has 5 nitrogen and oxygen atoms in total. The van der Waals surface area contributed by atoms with E-state index in [0.717, 1.165) is 18.9 Å². The normalized spacial score (nSPS) is 13.6. The number of rotatable bonds is 4. The van der Waals surface area contributed by atoms with Crippen molar-refractivity contribution in [2.75, 3.05) is 25.0 Å². The summed E-state index contributed by atoms with van der Waals surface area (Å²) in [5, 5.41) is 3.23. The van der Waals surface area contributed by atoms with Crippen LogP contribution in [0.25, 0.3) is 0 Å². The molecule has 1 aliphatic rings. The molecule has 0 atom stereocenters. The molecule has 0 spiro atoms. The zero-order valence-corrected chi connectivity index (χ0v) is 15.7. The molecule has 1 aliphatic heterocycles. The number of anilines is 1. The van der Waals surface area contributed by atoms with E-state index in [-0.39, 0.29) is 36.0 Å². The summed E-state index contributed by atoms with van der Waals surface area (Å²) in [7, 11) is 1.76. The van der Waals surface area contributed by atoms with Crippen LogP contribution in [0.1, 0.15) is 25.8 Å². The molecule has 0 bridgehead atoms. The van der Waals surface area contributed by atoms with Crippen molar-refractivity contribution in [1.82, 2.24) is 5.32 Å². The van der Waals surface area contributed by atoms with Gasteiger partial charge < -0.3 is 15.0 Å². The molecule has 1 aromatic carbocycles. The Balaban J connectivity index is 0.00000242. The van der Waals surface area contributed by atoms with Gasteiger partial charge in [-0.1, -0.05) is 18.2 Å². The second-order valence-electron chi connectivity index (χ2n) is 5.29. The molecule has 6 heteroatoms. The third-order valence-corrected chi connectivity index (χ3v) is 3.33. The van der Waals surface area contributed by atoms with Crippen molar-refractivity contribution < 1.29 is 9.53 Å². The van der Waals surface area contributed by atoms with Crippen LogP contribution in [0.5, 0.6) is 0 Å². The maximum absolute atomic E-state index is 11.5. The summed E-state index contributed by atoms with van der Waals surface area (Å²) in [4.78, 5) is 18.0. The Morgan fingerprint density at radius 2 is 2.14 bits per heavy atom. The van der Waals surface area contributed by atoms with Crippen LogP contribution in [0.15, 0.2) is 29.3 Å². The van der Waals surface area contributed by atoms with Crippen molar-refractivity contribution in [3.8, 4) is 0 Å². The summed E-state index contributed by atoms with van der Waals surface area (Å²) in [6.45, 7) is 5.14. The lowest BCUT2D eigenvalue weighted by Gasteiger charge is -2.22. The lowest BCUT2D eigenvalue weighted by molar-refractivity contribution is -0.147. The number of hydrogen-bond acceptors (Lipinski definition) is 3. The fourth-order valence-electron chi connectivity index (χ4n) is 2.45. The number of nitrogens with zero attached hydrogens (tertiary/aromatic N) is 2. The van der Waals surface area contributed by atoms with E-state index in [0.29, 0.717) is 13.0 Å². The average Bonchev–Trinajstić information content (AvgIpc) is 2.87. The number of guanidine groups is 1. The topological polar surface area (TPSA) is 53.9 Å². The summed E-state index contributed by atoms with van der Waals surface area (Å²) in [6, 6.07) is 8.33. The Bertz CT molecular complexity index is 532. The Morgan fingerprint density at radius 3 is 2.82 bits per heavy atom. The van der Waals surface area contributed by atoms with Gasteiger partial charge in [0, 0.05) is 25.8 Å². The van der Waals surface area contributed by atoms with Gasteiger partial charge in [0.05, 0.1) is 12.5 Å². The standard InChI is InChI=1S/C16H23N3O2.HI/c1-12(2)21-15(20)8-10-18-16(17-3)19-11-9-13-6-4-5-7-14(13)19;/h4-7,12H,8-11H2,1-3H3,(H,17,18);1H. The highest BCUT2D eigenvalue weighted by Gasteiger charge is 2.22. The van der Waals surface area contributed by atoms with Crippen LogP contribution in [0.4, 0.5) is 5.69 Å². The van der Waals surface area contributed by atoms with E-state index in [1.165, 1.54) is 11.3 Å². The van der Waals surface area contributed by atoms with Gasteiger partial charge in [-0.05, 0) is 31.9 Å². The van der Waals surface area contributed by atoms with Crippen LogP contribution >= 0.6 is 24.0 Å². The maximum atomic E-state index is 11.5. The quantitative estimate of drug-likeness (QED) is 0.354. The van der Waals surface area contributed by atoms with Gasteiger partial charge >= 0.3 is 5.97 Å². The molecule has 0 saturated carbocycles. The number of carbonyl (C=O) groups is 1. The summed E-state index contributed by atoms with van der Waals surface area (Å²) in [6.07, 6.45) is 1.29. The summed E-state index contributed by atoms with van der Waals surface area (Å²) in [5.74, 6) is 0.618. The lowest BCUT2D eigenvalue weighted by Crippen LogP contribution is -2.41. The van der Waals surface area contributed by atoms with Gasteiger partial charge in [0.15, 0.2) is 5.96 Å². The molecule has 0 fully saturated rings. The van der Waals surface area contributed by atoms with Gasteiger partial charge in [0.1, 0.15) is 0 Å². The molecule has 0 amide bonds. The molecule has 1 heterocycles. The second kappa shape index (κ2) is 8.97. The van der Waals surface area contributed by atoms with E-state index in [1.807, 2.05) is 19.9 Å². The highest BCUT2D eigenvalue weighted by Crippen LogP contribution is 2.27. The number of aliphatic imine (C=N–C) groups is 1. The predicted octanol–water partition coefficient (Wildman–Crippen LogP) is 2.58. The predicted molar refractivity (Wildman–Crippen MR) is 100 cm³/mol. The largest absolute Gasteiger partial charge is 0.463 e. The summed E-state index contributed by atoms with van der Waals surface area (Å²) < 4.78 is 5.11. The van der Waals surface area contributed by atoms with Crippen LogP contribution in [0, 0.1) is 0 Å². The second-order valence-corrected chi connectivity index (χ2v) is 5.29. The van der Waals surface area contributed by atoms with E-state index < -0.39 is 0 Å². The van der Waals surface area contributed by atoms with Crippen molar-refractivity contribution in [2.45, 2.75) is 32.8 Å². The number of halogens is 1.